The summed E-state index contributed by atoms with van der Waals surface area (Å²) in [6.45, 7) is 0. The zero-order valence-electron chi connectivity index (χ0n) is 11.5. The van der Waals surface area contributed by atoms with Crippen LogP contribution in [0.25, 0.3) is 5.69 Å². The molecule has 0 atom stereocenters. The molecule has 23 heavy (non-hydrogen) atoms. The van der Waals surface area contributed by atoms with Crippen LogP contribution in [-0.2, 0) is 6.18 Å². The molecule has 1 heterocycles. The van der Waals surface area contributed by atoms with Gasteiger partial charge in [0.2, 0.25) is 0 Å². The van der Waals surface area contributed by atoms with Gasteiger partial charge in [0.15, 0.2) is 5.69 Å². The van der Waals surface area contributed by atoms with E-state index < -0.39 is 23.3 Å². The van der Waals surface area contributed by atoms with Gasteiger partial charge in [-0.25, -0.2) is 4.68 Å². The molecule has 9 heteroatoms. The van der Waals surface area contributed by atoms with Crippen molar-refractivity contribution in [2.75, 3.05) is 0 Å². The third-order valence-electron chi connectivity index (χ3n) is 3.33. The molecule has 1 aromatic heterocycles. The van der Waals surface area contributed by atoms with Crippen molar-refractivity contribution in [2.24, 2.45) is 0 Å². The third-order valence-corrected chi connectivity index (χ3v) is 3.87. The minimum Gasteiger partial charge on any atom is -0.349 e. The minimum absolute atomic E-state index is 0.000232. The zero-order chi connectivity index (χ0) is 16.8. The van der Waals surface area contributed by atoms with Gasteiger partial charge in [0.25, 0.3) is 5.91 Å². The first-order chi connectivity index (χ1) is 10.8. The monoisotopic (exact) mass is 363 g/mol. The average Bonchev–Trinajstić information content (AvgIpc) is 3.13. The smallest absolute Gasteiger partial charge is 0.349 e. The fourth-order valence-corrected chi connectivity index (χ4v) is 2.60. The first kappa shape index (κ1) is 16.1. The van der Waals surface area contributed by atoms with Crippen LogP contribution in [-0.4, -0.2) is 21.7 Å². The van der Waals surface area contributed by atoms with Crippen LogP contribution in [0.15, 0.2) is 24.4 Å². The molecule has 3 rings (SSSR count). The van der Waals surface area contributed by atoms with E-state index in [1.807, 2.05) is 0 Å². The third kappa shape index (κ3) is 3.30. The predicted molar refractivity (Wildman–Crippen MR) is 79.1 cm³/mol. The summed E-state index contributed by atoms with van der Waals surface area (Å²) in [6, 6.07) is 3.96. The van der Waals surface area contributed by atoms with Crippen molar-refractivity contribution in [2.45, 2.75) is 25.1 Å². The molecule has 0 saturated heterocycles. The lowest BCUT2D eigenvalue weighted by molar-refractivity contribution is -0.143. The number of hydrogen-bond donors (Lipinski definition) is 1. The number of carbonyl (C=O) groups is 1. The van der Waals surface area contributed by atoms with Gasteiger partial charge in [0, 0.05) is 11.1 Å². The predicted octanol–water partition coefficient (Wildman–Crippen LogP) is 4.09. The van der Waals surface area contributed by atoms with Gasteiger partial charge in [-0.05, 0) is 31.0 Å². The molecule has 1 aliphatic rings. The van der Waals surface area contributed by atoms with Crippen LogP contribution >= 0.6 is 23.2 Å². The number of rotatable bonds is 3. The number of hydrogen-bond acceptors (Lipinski definition) is 2. The van der Waals surface area contributed by atoms with Crippen molar-refractivity contribution < 1.29 is 18.0 Å². The Bertz CT molecular complexity index is 769. The Kier molecular flexibility index (Phi) is 4.01. The molecular formula is C14H10Cl2F3N3O. The number of benzene rings is 1. The van der Waals surface area contributed by atoms with Crippen LogP contribution in [0.4, 0.5) is 13.2 Å². The highest BCUT2D eigenvalue weighted by atomic mass is 35.5. The van der Waals surface area contributed by atoms with Crippen molar-refractivity contribution in [3.05, 3.63) is 45.7 Å². The van der Waals surface area contributed by atoms with Gasteiger partial charge < -0.3 is 5.32 Å². The van der Waals surface area contributed by atoms with Gasteiger partial charge in [-0.1, -0.05) is 23.2 Å². The standard InChI is InChI=1S/C14H10Cl2F3N3O/c15-7-1-4-11(10(16)5-7)22-12(14(17,18)19)9(6-20-22)13(23)21-8-2-3-8/h1,4-6,8H,2-3H2,(H,21,23). The van der Waals surface area contributed by atoms with E-state index in [-0.39, 0.29) is 21.8 Å². The highest BCUT2D eigenvalue weighted by molar-refractivity contribution is 6.35. The molecule has 1 saturated carbocycles. The Morgan fingerprint density at radius 3 is 2.57 bits per heavy atom. The summed E-state index contributed by atoms with van der Waals surface area (Å²) >= 11 is 11.7. The van der Waals surface area contributed by atoms with E-state index in [0.29, 0.717) is 4.68 Å². The van der Waals surface area contributed by atoms with Crippen molar-refractivity contribution in [1.82, 2.24) is 15.1 Å². The van der Waals surface area contributed by atoms with Crippen LogP contribution in [0.5, 0.6) is 0 Å². The van der Waals surface area contributed by atoms with Crippen LogP contribution in [0.1, 0.15) is 28.9 Å². The molecule has 0 aliphatic heterocycles. The maximum Gasteiger partial charge on any atom is 0.434 e. The summed E-state index contributed by atoms with van der Waals surface area (Å²) in [5.74, 6) is -0.795. The molecule has 0 spiro atoms. The molecule has 4 nitrogen and oxygen atoms in total. The summed E-state index contributed by atoms with van der Waals surface area (Å²) in [6.07, 6.45) is -2.34. The highest BCUT2D eigenvalue weighted by Crippen LogP contribution is 2.36. The van der Waals surface area contributed by atoms with Crippen LogP contribution in [0.2, 0.25) is 10.0 Å². The largest absolute Gasteiger partial charge is 0.434 e. The van der Waals surface area contributed by atoms with Crippen molar-refractivity contribution in [3.63, 3.8) is 0 Å². The average molecular weight is 364 g/mol. The molecule has 1 fully saturated rings. The topological polar surface area (TPSA) is 46.9 Å². The van der Waals surface area contributed by atoms with Crippen LogP contribution in [0, 0.1) is 0 Å². The quantitative estimate of drug-likeness (QED) is 0.892. The van der Waals surface area contributed by atoms with Gasteiger partial charge in [-0.15, -0.1) is 0 Å². The van der Waals surface area contributed by atoms with Crippen molar-refractivity contribution >= 4 is 29.1 Å². The van der Waals surface area contributed by atoms with Gasteiger partial charge in [-0.2, -0.15) is 18.3 Å². The van der Waals surface area contributed by atoms with E-state index in [1.165, 1.54) is 18.2 Å². The number of aromatic nitrogens is 2. The van der Waals surface area contributed by atoms with Gasteiger partial charge in [0.1, 0.15) is 0 Å². The first-order valence-electron chi connectivity index (χ1n) is 6.69. The molecule has 1 aliphatic carbocycles. The minimum atomic E-state index is -4.77. The Labute approximate surface area is 139 Å². The Morgan fingerprint density at radius 1 is 1.30 bits per heavy atom. The Morgan fingerprint density at radius 2 is 2.00 bits per heavy atom. The van der Waals surface area contributed by atoms with Gasteiger partial charge >= 0.3 is 6.18 Å². The fourth-order valence-electron chi connectivity index (χ4n) is 2.11. The molecule has 0 unspecified atom stereocenters. The zero-order valence-corrected chi connectivity index (χ0v) is 13.0. The van der Waals surface area contributed by atoms with Crippen LogP contribution < -0.4 is 5.32 Å². The van der Waals surface area contributed by atoms with Crippen molar-refractivity contribution in [1.29, 1.82) is 0 Å². The van der Waals surface area contributed by atoms with E-state index in [9.17, 15) is 18.0 Å². The molecule has 122 valence electrons. The second-order valence-corrected chi connectivity index (χ2v) is 6.00. The number of carbonyl (C=O) groups excluding carboxylic acids is 1. The Hall–Kier alpha value is -1.73. The second-order valence-electron chi connectivity index (χ2n) is 5.16. The number of halogens is 5. The lowest BCUT2D eigenvalue weighted by atomic mass is 10.2. The van der Waals surface area contributed by atoms with E-state index in [4.69, 9.17) is 23.2 Å². The molecule has 1 amide bonds. The lowest BCUT2D eigenvalue weighted by Crippen LogP contribution is -2.28. The SMILES string of the molecule is O=C(NC1CC1)c1cnn(-c2ccc(Cl)cc2Cl)c1C(F)(F)F. The first-order valence-corrected chi connectivity index (χ1v) is 7.44. The summed E-state index contributed by atoms with van der Waals surface area (Å²) < 4.78 is 40.9. The van der Waals surface area contributed by atoms with E-state index in [0.717, 1.165) is 19.0 Å². The summed E-state index contributed by atoms with van der Waals surface area (Å²) in [7, 11) is 0. The summed E-state index contributed by atoms with van der Waals surface area (Å²) in [5.41, 5.74) is -1.70. The molecular weight excluding hydrogens is 354 g/mol. The number of nitrogens with one attached hydrogen (secondary N) is 1. The Balaban J connectivity index is 2.10. The van der Waals surface area contributed by atoms with E-state index in [2.05, 4.69) is 10.4 Å². The normalized spacial score (nSPS) is 14.8. The van der Waals surface area contributed by atoms with Crippen LogP contribution in [0.3, 0.4) is 0 Å². The van der Waals surface area contributed by atoms with Gasteiger partial charge in [0.05, 0.1) is 22.5 Å². The van der Waals surface area contributed by atoms with E-state index in [1.54, 1.807) is 0 Å². The number of amides is 1. The maximum atomic E-state index is 13.4. The molecule has 1 aromatic carbocycles. The molecule has 2 aromatic rings. The maximum absolute atomic E-state index is 13.4. The number of nitrogens with zero attached hydrogens (tertiary/aromatic N) is 2. The fraction of sp³-hybridized carbons (Fsp3) is 0.286. The van der Waals surface area contributed by atoms with Crippen molar-refractivity contribution in [3.8, 4) is 5.69 Å². The lowest BCUT2D eigenvalue weighted by Gasteiger charge is -2.13. The molecule has 0 radical (unpaired) electrons. The number of alkyl halides is 3. The summed E-state index contributed by atoms with van der Waals surface area (Å²) in [4.78, 5) is 12.0. The molecule has 1 N–H and O–H groups in total. The second kappa shape index (κ2) is 5.72. The molecule has 0 bridgehead atoms. The van der Waals surface area contributed by atoms with Gasteiger partial charge in [-0.3, -0.25) is 4.79 Å². The highest BCUT2D eigenvalue weighted by Gasteiger charge is 2.41. The van der Waals surface area contributed by atoms with E-state index >= 15 is 0 Å². The summed E-state index contributed by atoms with van der Waals surface area (Å²) in [5, 5.41) is 6.51.